The van der Waals surface area contributed by atoms with Crippen LogP contribution in [0, 0.1) is 0 Å². The van der Waals surface area contributed by atoms with Crippen LogP contribution in [0.4, 0.5) is 0 Å². The van der Waals surface area contributed by atoms with Crippen LogP contribution in [0.2, 0.25) is 5.15 Å². The fourth-order valence-corrected chi connectivity index (χ4v) is 2.02. The number of aromatic nitrogens is 1. The molecule has 0 bridgehead atoms. The first-order valence-electron chi connectivity index (χ1n) is 5.61. The van der Waals surface area contributed by atoms with Crippen molar-refractivity contribution < 1.29 is 9.59 Å². The molecule has 4 nitrogen and oxygen atoms in total. The molecule has 0 radical (unpaired) electrons. The highest BCUT2D eigenvalue weighted by molar-refractivity contribution is 6.30. The predicted molar refractivity (Wildman–Crippen MR) is 63.3 cm³/mol. The van der Waals surface area contributed by atoms with Gasteiger partial charge in [-0.2, -0.15) is 0 Å². The van der Waals surface area contributed by atoms with E-state index in [1.54, 1.807) is 18.3 Å². The van der Waals surface area contributed by atoms with E-state index in [-0.39, 0.29) is 18.4 Å². The maximum Gasteiger partial charge on any atom is 0.229 e. The largest absolute Gasteiger partial charge is 0.278 e. The van der Waals surface area contributed by atoms with E-state index in [1.807, 2.05) is 0 Å². The number of carbonyl (C=O) groups excluding carboxylic acids is 2. The minimum absolute atomic E-state index is 0.118. The van der Waals surface area contributed by atoms with Crippen LogP contribution in [-0.4, -0.2) is 21.7 Å². The number of imide groups is 1. The van der Waals surface area contributed by atoms with Crippen molar-refractivity contribution in [1.82, 2.24) is 9.88 Å². The Morgan fingerprint density at radius 3 is 2.47 bits per heavy atom. The van der Waals surface area contributed by atoms with E-state index in [2.05, 4.69) is 4.98 Å². The number of carbonyl (C=O) groups is 2. The molecule has 0 unspecified atom stereocenters. The lowest BCUT2D eigenvalue weighted by atomic mass is 10.2. The number of hydrogen-bond acceptors (Lipinski definition) is 3. The van der Waals surface area contributed by atoms with Gasteiger partial charge in [-0.25, -0.2) is 4.98 Å². The van der Waals surface area contributed by atoms with Crippen molar-refractivity contribution in [2.24, 2.45) is 0 Å². The SMILES string of the molecule is O=C1CCCCC(=O)N1Cc1cccnc1Cl. The molecule has 0 spiro atoms. The first kappa shape index (κ1) is 12.0. The Labute approximate surface area is 105 Å². The van der Waals surface area contributed by atoms with Gasteiger partial charge in [0.15, 0.2) is 0 Å². The third-order valence-electron chi connectivity index (χ3n) is 2.80. The highest BCUT2D eigenvalue weighted by Crippen LogP contribution is 2.19. The van der Waals surface area contributed by atoms with Gasteiger partial charge >= 0.3 is 0 Å². The molecule has 1 aromatic heterocycles. The van der Waals surface area contributed by atoms with E-state index in [1.165, 1.54) is 4.90 Å². The molecule has 90 valence electrons. The lowest BCUT2D eigenvalue weighted by molar-refractivity contribution is -0.144. The smallest absolute Gasteiger partial charge is 0.229 e. The van der Waals surface area contributed by atoms with E-state index < -0.39 is 0 Å². The second-order valence-corrected chi connectivity index (χ2v) is 4.39. The summed E-state index contributed by atoms with van der Waals surface area (Å²) in [5.74, 6) is -0.236. The van der Waals surface area contributed by atoms with Crippen molar-refractivity contribution in [3.8, 4) is 0 Å². The molecule has 1 saturated heterocycles. The van der Waals surface area contributed by atoms with Gasteiger partial charge in [0.1, 0.15) is 5.15 Å². The topological polar surface area (TPSA) is 50.3 Å². The molecule has 1 aliphatic heterocycles. The Morgan fingerprint density at radius 1 is 1.24 bits per heavy atom. The molecule has 0 saturated carbocycles. The van der Waals surface area contributed by atoms with Gasteiger partial charge in [0.05, 0.1) is 6.54 Å². The van der Waals surface area contributed by atoms with Crippen LogP contribution in [0.3, 0.4) is 0 Å². The number of hydrogen-bond donors (Lipinski definition) is 0. The zero-order chi connectivity index (χ0) is 12.3. The molecular weight excluding hydrogens is 240 g/mol. The van der Waals surface area contributed by atoms with Gasteiger partial charge in [0.25, 0.3) is 0 Å². The molecule has 1 fully saturated rings. The number of amides is 2. The van der Waals surface area contributed by atoms with E-state index in [0.29, 0.717) is 23.6 Å². The Morgan fingerprint density at radius 2 is 1.88 bits per heavy atom. The third-order valence-corrected chi connectivity index (χ3v) is 3.14. The van der Waals surface area contributed by atoms with Crippen LogP contribution in [0.25, 0.3) is 0 Å². The first-order valence-corrected chi connectivity index (χ1v) is 5.99. The molecule has 0 atom stereocenters. The summed E-state index contributed by atoms with van der Waals surface area (Å²) in [4.78, 5) is 28.8. The van der Waals surface area contributed by atoms with E-state index in [9.17, 15) is 9.59 Å². The molecule has 1 aliphatic rings. The van der Waals surface area contributed by atoms with Crippen molar-refractivity contribution >= 4 is 23.4 Å². The molecule has 2 heterocycles. The van der Waals surface area contributed by atoms with Gasteiger partial charge in [-0.05, 0) is 18.9 Å². The third kappa shape index (κ3) is 2.82. The summed E-state index contributed by atoms with van der Waals surface area (Å²) in [5.41, 5.74) is 0.706. The van der Waals surface area contributed by atoms with Crippen LogP contribution < -0.4 is 0 Å². The highest BCUT2D eigenvalue weighted by atomic mass is 35.5. The molecule has 5 heteroatoms. The van der Waals surface area contributed by atoms with Crippen molar-refractivity contribution in [3.63, 3.8) is 0 Å². The lowest BCUT2D eigenvalue weighted by Crippen LogP contribution is -2.34. The van der Waals surface area contributed by atoms with Crippen molar-refractivity contribution in [1.29, 1.82) is 0 Å². The van der Waals surface area contributed by atoms with Crippen molar-refractivity contribution in [2.75, 3.05) is 0 Å². The average Bonchev–Trinajstić information content (AvgIpc) is 2.47. The lowest BCUT2D eigenvalue weighted by Gasteiger charge is -2.18. The number of rotatable bonds is 2. The number of likely N-dealkylation sites (tertiary alicyclic amines) is 1. The second-order valence-electron chi connectivity index (χ2n) is 4.03. The van der Waals surface area contributed by atoms with E-state index in [0.717, 1.165) is 12.8 Å². The number of nitrogens with zero attached hydrogens (tertiary/aromatic N) is 2. The quantitative estimate of drug-likeness (QED) is 0.599. The molecule has 0 aliphatic carbocycles. The molecule has 17 heavy (non-hydrogen) atoms. The summed E-state index contributed by atoms with van der Waals surface area (Å²) < 4.78 is 0. The van der Waals surface area contributed by atoms with Crippen LogP contribution in [-0.2, 0) is 16.1 Å². The minimum atomic E-state index is -0.118. The van der Waals surface area contributed by atoms with E-state index in [4.69, 9.17) is 11.6 Å². The predicted octanol–water partition coefficient (Wildman–Crippen LogP) is 2.16. The summed E-state index contributed by atoms with van der Waals surface area (Å²) in [7, 11) is 0. The van der Waals surface area contributed by atoms with Gasteiger partial charge in [0.2, 0.25) is 11.8 Å². The first-order chi connectivity index (χ1) is 8.18. The summed E-state index contributed by atoms with van der Waals surface area (Å²) in [6.45, 7) is 0.227. The maximum absolute atomic E-state index is 11.8. The second kappa shape index (κ2) is 5.27. The summed E-state index contributed by atoms with van der Waals surface area (Å²) in [5, 5.41) is 0.345. The molecule has 2 rings (SSSR count). The highest BCUT2D eigenvalue weighted by Gasteiger charge is 2.24. The van der Waals surface area contributed by atoms with Crippen LogP contribution in [0.15, 0.2) is 18.3 Å². The van der Waals surface area contributed by atoms with Crippen LogP contribution in [0.1, 0.15) is 31.2 Å². The average molecular weight is 253 g/mol. The minimum Gasteiger partial charge on any atom is -0.278 e. The standard InChI is InChI=1S/C12H13ClN2O2/c13-12-9(4-3-7-14-12)8-15-10(16)5-1-2-6-11(15)17/h3-4,7H,1-2,5-6,8H2. The van der Waals surface area contributed by atoms with Gasteiger partial charge in [-0.3, -0.25) is 14.5 Å². The Balaban J connectivity index is 2.18. The molecule has 1 aromatic rings. The Kier molecular flexibility index (Phi) is 3.74. The van der Waals surface area contributed by atoms with Crippen LogP contribution in [0.5, 0.6) is 0 Å². The summed E-state index contributed by atoms with van der Waals surface area (Å²) in [6.07, 6.45) is 4.01. The Bertz CT molecular complexity index is 430. The molecule has 0 aromatic carbocycles. The zero-order valence-electron chi connectivity index (χ0n) is 9.36. The molecular formula is C12H13ClN2O2. The van der Waals surface area contributed by atoms with Crippen molar-refractivity contribution in [2.45, 2.75) is 32.2 Å². The van der Waals surface area contributed by atoms with Crippen molar-refractivity contribution in [3.05, 3.63) is 29.0 Å². The zero-order valence-corrected chi connectivity index (χ0v) is 10.1. The van der Waals surface area contributed by atoms with Gasteiger partial charge < -0.3 is 0 Å². The van der Waals surface area contributed by atoms with Gasteiger partial charge in [-0.1, -0.05) is 17.7 Å². The monoisotopic (exact) mass is 252 g/mol. The molecule has 0 N–H and O–H groups in total. The fourth-order valence-electron chi connectivity index (χ4n) is 1.85. The fraction of sp³-hybridized carbons (Fsp3) is 0.417. The number of halogens is 1. The van der Waals surface area contributed by atoms with E-state index >= 15 is 0 Å². The molecule has 2 amide bonds. The Hall–Kier alpha value is -1.42. The van der Waals surface area contributed by atoms with Crippen LogP contribution >= 0.6 is 11.6 Å². The van der Waals surface area contributed by atoms with Gasteiger partial charge in [0, 0.05) is 24.6 Å². The maximum atomic E-state index is 11.8. The van der Waals surface area contributed by atoms with Gasteiger partial charge in [-0.15, -0.1) is 0 Å². The normalized spacial score (nSPS) is 17.1. The summed E-state index contributed by atoms with van der Waals surface area (Å²) >= 11 is 5.92. The number of pyridine rings is 1. The summed E-state index contributed by atoms with van der Waals surface area (Å²) in [6, 6.07) is 3.52.